The number of nitrogens with one attached hydrogen (secondary N) is 1. The van der Waals surface area contributed by atoms with Crippen LogP contribution in [0.2, 0.25) is 0 Å². The van der Waals surface area contributed by atoms with Crippen LogP contribution in [0.4, 0.5) is 5.82 Å². The summed E-state index contributed by atoms with van der Waals surface area (Å²) in [7, 11) is 0. The average Bonchev–Trinajstić information content (AvgIpc) is 2.83. The number of carbonyl (C=O) groups is 1. The van der Waals surface area contributed by atoms with E-state index in [9.17, 15) is 9.90 Å². The van der Waals surface area contributed by atoms with Crippen LogP contribution in [0.25, 0.3) is 0 Å². The van der Waals surface area contributed by atoms with Gasteiger partial charge in [0.2, 0.25) is 0 Å². The molecule has 4 nitrogen and oxygen atoms in total. The van der Waals surface area contributed by atoms with Gasteiger partial charge in [-0.3, -0.25) is 0 Å². The number of rotatable bonds is 6. The topological polar surface area (TPSA) is 62.2 Å². The molecule has 1 aromatic rings. The Bertz CT molecular complexity index is 516. The number of carboxylic acids is 1. The number of fused-ring (bicyclic) bond motifs is 1. The number of aromatic carboxylic acids is 1. The third-order valence-corrected chi connectivity index (χ3v) is 4.50. The van der Waals surface area contributed by atoms with Crippen molar-refractivity contribution >= 4 is 11.8 Å². The fourth-order valence-electron chi connectivity index (χ4n) is 3.23. The van der Waals surface area contributed by atoms with Gasteiger partial charge in [0.25, 0.3) is 0 Å². The zero-order valence-electron chi connectivity index (χ0n) is 13.4. The van der Waals surface area contributed by atoms with Gasteiger partial charge < -0.3 is 10.4 Å². The minimum Gasteiger partial charge on any atom is -0.478 e. The number of carboxylic acid groups (broad SMARTS) is 1. The first kappa shape index (κ1) is 15.8. The molecule has 0 unspecified atom stereocenters. The predicted octanol–water partition coefficient (Wildman–Crippen LogP) is 3.61. The van der Waals surface area contributed by atoms with Crippen molar-refractivity contribution in [2.75, 3.05) is 11.9 Å². The van der Waals surface area contributed by atoms with Crippen molar-refractivity contribution in [3.63, 3.8) is 0 Å². The van der Waals surface area contributed by atoms with Gasteiger partial charge in [-0.1, -0.05) is 27.7 Å². The number of pyridine rings is 1. The molecule has 2 rings (SSSR count). The quantitative estimate of drug-likeness (QED) is 0.840. The molecular weight excluding hydrogens is 264 g/mol. The summed E-state index contributed by atoms with van der Waals surface area (Å²) >= 11 is 0. The van der Waals surface area contributed by atoms with Gasteiger partial charge in [0.1, 0.15) is 11.4 Å². The van der Waals surface area contributed by atoms with E-state index < -0.39 is 5.97 Å². The molecule has 0 saturated carbocycles. The lowest BCUT2D eigenvalue weighted by atomic mass is 9.85. The Labute approximate surface area is 127 Å². The highest BCUT2D eigenvalue weighted by atomic mass is 16.4. The number of aryl methyl sites for hydroxylation is 2. The number of hydrogen-bond acceptors (Lipinski definition) is 3. The maximum absolute atomic E-state index is 11.5. The van der Waals surface area contributed by atoms with Gasteiger partial charge in [0.15, 0.2) is 0 Å². The molecule has 0 amide bonds. The summed E-state index contributed by atoms with van der Waals surface area (Å²) in [4.78, 5) is 16.0. The Hall–Kier alpha value is -1.58. The second-order valence-electron chi connectivity index (χ2n) is 6.68. The largest absolute Gasteiger partial charge is 0.478 e. The van der Waals surface area contributed by atoms with Crippen LogP contribution in [0.15, 0.2) is 6.07 Å². The first-order chi connectivity index (χ1) is 9.90. The summed E-state index contributed by atoms with van der Waals surface area (Å²) in [6.45, 7) is 9.60. The molecule has 116 valence electrons. The molecule has 0 aliphatic heterocycles. The summed E-state index contributed by atoms with van der Waals surface area (Å²) < 4.78 is 0. The van der Waals surface area contributed by atoms with Gasteiger partial charge in [0, 0.05) is 12.2 Å². The predicted molar refractivity (Wildman–Crippen MR) is 84.9 cm³/mol. The molecule has 4 heteroatoms. The zero-order valence-corrected chi connectivity index (χ0v) is 13.4. The molecular formula is C17H26N2O2. The van der Waals surface area contributed by atoms with Gasteiger partial charge in [-0.2, -0.15) is 0 Å². The normalized spacial score (nSPS) is 14.0. The monoisotopic (exact) mass is 290 g/mol. The zero-order chi connectivity index (χ0) is 15.6. The number of anilines is 1. The Morgan fingerprint density at radius 3 is 2.52 bits per heavy atom. The maximum atomic E-state index is 11.5. The van der Waals surface area contributed by atoms with Crippen molar-refractivity contribution < 1.29 is 9.90 Å². The van der Waals surface area contributed by atoms with Crippen molar-refractivity contribution in [3.8, 4) is 0 Å². The highest BCUT2D eigenvalue weighted by Gasteiger charge is 2.22. The van der Waals surface area contributed by atoms with Crippen molar-refractivity contribution in [1.82, 2.24) is 4.98 Å². The smallest absolute Gasteiger partial charge is 0.339 e. The van der Waals surface area contributed by atoms with Crippen LogP contribution in [0, 0.1) is 17.8 Å². The minimum atomic E-state index is -0.898. The molecule has 0 atom stereocenters. The standard InChI is InChI=1S/C17H26N2O2/c1-10(2)14(11(3)4)9-18-16-13(17(20)21)8-12-6-5-7-15(12)19-16/h8,10-11,14H,5-7,9H2,1-4H3,(H,18,19)(H,20,21). The van der Waals surface area contributed by atoms with Gasteiger partial charge in [-0.15, -0.1) is 0 Å². The van der Waals surface area contributed by atoms with E-state index in [1.807, 2.05) is 0 Å². The van der Waals surface area contributed by atoms with E-state index in [1.54, 1.807) is 6.07 Å². The lowest BCUT2D eigenvalue weighted by Gasteiger charge is -2.25. The van der Waals surface area contributed by atoms with Crippen LogP contribution in [-0.4, -0.2) is 22.6 Å². The van der Waals surface area contributed by atoms with Crippen LogP contribution >= 0.6 is 0 Å². The van der Waals surface area contributed by atoms with Crippen LogP contribution in [-0.2, 0) is 12.8 Å². The third-order valence-electron chi connectivity index (χ3n) is 4.50. The Morgan fingerprint density at radius 2 is 1.95 bits per heavy atom. The fraction of sp³-hybridized carbons (Fsp3) is 0.647. The van der Waals surface area contributed by atoms with E-state index in [-0.39, 0.29) is 0 Å². The SMILES string of the molecule is CC(C)C(CNc1nc2c(cc1C(=O)O)CCC2)C(C)C. The molecule has 0 fully saturated rings. The highest BCUT2D eigenvalue weighted by Crippen LogP contribution is 2.27. The molecule has 1 aromatic heterocycles. The van der Waals surface area contributed by atoms with Gasteiger partial charge in [-0.05, 0) is 48.6 Å². The first-order valence-electron chi connectivity index (χ1n) is 7.90. The van der Waals surface area contributed by atoms with Crippen molar-refractivity contribution in [2.45, 2.75) is 47.0 Å². The van der Waals surface area contributed by atoms with E-state index in [1.165, 1.54) is 0 Å². The third kappa shape index (κ3) is 3.55. The van der Waals surface area contributed by atoms with Crippen LogP contribution in [0.1, 0.15) is 55.7 Å². The summed E-state index contributed by atoms with van der Waals surface area (Å²) in [6.07, 6.45) is 2.98. The van der Waals surface area contributed by atoms with Crippen LogP contribution in [0.5, 0.6) is 0 Å². The highest BCUT2D eigenvalue weighted by molar-refractivity contribution is 5.93. The lowest BCUT2D eigenvalue weighted by Crippen LogP contribution is -2.25. The van der Waals surface area contributed by atoms with Crippen LogP contribution < -0.4 is 5.32 Å². The molecule has 0 saturated heterocycles. The van der Waals surface area contributed by atoms with Crippen molar-refractivity contribution in [2.24, 2.45) is 17.8 Å². The molecule has 1 aliphatic carbocycles. The summed E-state index contributed by atoms with van der Waals surface area (Å²) in [5.41, 5.74) is 2.47. The second kappa shape index (κ2) is 6.46. The van der Waals surface area contributed by atoms with E-state index >= 15 is 0 Å². The molecule has 21 heavy (non-hydrogen) atoms. The van der Waals surface area contributed by atoms with E-state index in [0.717, 1.165) is 37.1 Å². The number of hydrogen-bond donors (Lipinski definition) is 2. The van der Waals surface area contributed by atoms with E-state index in [4.69, 9.17) is 0 Å². The molecule has 0 aromatic carbocycles. The summed E-state index contributed by atoms with van der Waals surface area (Å²) in [6, 6.07) is 1.81. The fourth-order valence-corrected chi connectivity index (χ4v) is 3.23. The molecule has 1 aliphatic rings. The molecule has 0 radical (unpaired) electrons. The van der Waals surface area contributed by atoms with E-state index in [2.05, 4.69) is 38.0 Å². The molecule has 0 spiro atoms. The minimum absolute atomic E-state index is 0.307. The second-order valence-corrected chi connectivity index (χ2v) is 6.68. The average molecular weight is 290 g/mol. The number of aromatic nitrogens is 1. The van der Waals surface area contributed by atoms with E-state index in [0.29, 0.717) is 29.1 Å². The van der Waals surface area contributed by atoms with Crippen molar-refractivity contribution in [3.05, 3.63) is 22.9 Å². The summed E-state index contributed by atoms with van der Waals surface area (Å²) in [5.74, 6) is 1.25. The Balaban J connectivity index is 2.21. The van der Waals surface area contributed by atoms with Gasteiger partial charge in [-0.25, -0.2) is 9.78 Å². The number of nitrogens with zero attached hydrogens (tertiary/aromatic N) is 1. The molecule has 1 heterocycles. The lowest BCUT2D eigenvalue weighted by molar-refractivity contribution is 0.0697. The Kier molecular flexibility index (Phi) is 4.86. The maximum Gasteiger partial charge on any atom is 0.339 e. The molecule has 2 N–H and O–H groups in total. The Morgan fingerprint density at radius 1 is 1.29 bits per heavy atom. The van der Waals surface area contributed by atoms with Crippen LogP contribution in [0.3, 0.4) is 0 Å². The van der Waals surface area contributed by atoms with Gasteiger partial charge >= 0.3 is 5.97 Å². The molecule has 0 bridgehead atoms. The summed E-state index contributed by atoms with van der Waals surface area (Å²) in [5, 5.41) is 12.7. The first-order valence-corrected chi connectivity index (χ1v) is 7.90. The van der Waals surface area contributed by atoms with Gasteiger partial charge in [0.05, 0.1) is 0 Å². The van der Waals surface area contributed by atoms with Crippen molar-refractivity contribution in [1.29, 1.82) is 0 Å².